The SMILES string of the molecule is Cc1nn(C)c(C)c1C(=O)N1CC2(CC(CC(=O)N3CCOCC3)CO2)C1. The van der Waals surface area contributed by atoms with Crippen LogP contribution in [0.1, 0.15) is 34.6 Å². The summed E-state index contributed by atoms with van der Waals surface area (Å²) in [4.78, 5) is 29.0. The Bertz CT molecular complexity index is 747. The molecule has 0 radical (unpaired) electrons. The topological polar surface area (TPSA) is 76.9 Å². The van der Waals surface area contributed by atoms with Gasteiger partial charge in [-0.15, -0.1) is 0 Å². The van der Waals surface area contributed by atoms with Crippen LogP contribution in [0.4, 0.5) is 0 Å². The van der Waals surface area contributed by atoms with Crippen molar-refractivity contribution in [3.05, 3.63) is 17.0 Å². The largest absolute Gasteiger partial charge is 0.378 e. The summed E-state index contributed by atoms with van der Waals surface area (Å²) in [7, 11) is 1.85. The minimum Gasteiger partial charge on any atom is -0.378 e. The lowest BCUT2D eigenvalue weighted by Gasteiger charge is -2.47. The van der Waals surface area contributed by atoms with Crippen LogP contribution >= 0.6 is 0 Å². The van der Waals surface area contributed by atoms with E-state index in [1.165, 1.54) is 0 Å². The maximum atomic E-state index is 12.8. The van der Waals surface area contributed by atoms with Gasteiger partial charge in [-0.1, -0.05) is 0 Å². The molecule has 8 heteroatoms. The number of aryl methyl sites for hydroxylation is 2. The molecule has 1 unspecified atom stereocenters. The van der Waals surface area contributed by atoms with Crippen LogP contribution < -0.4 is 0 Å². The fourth-order valence-corrected chi connectivity index (χ4v) is 4.51. The Morgan fingerprint density at radius 3 is 2.52 bits per heavy atom. The van der Waals surface area contributed by atoms with Crippen LogP contribution in [0.3, 0.4) is 0 Å². The highest BCUT2D eigenvalue weighted by atomic mass is 16.5. The Morgan fingerprint density at radius 1 is 1.19 bits per heavy atom. The number of nitrogens with zero attached hydrogens (tertiary/aromatic N) is 4. The molecule has 1 aromatic heterocycles. The number of hydrogen-bond acceptors (Lipinski definition) is 5. The second-order valence-corrected chi connectivity index (χ2v) is 8.09. The van der Waals surface area contributed by atoms with Gasteiger partial charge in [0.05, 0.1) is 44.2 Å². The quantitative estimate of drug-likeness (QED) is 0.769. The zero-order valence-electron chi connectivity index (χ0n) is 16.4. The van der Waals surface area contributed by atoms with E-state index in [-0.39, 0.29) is 23.3 Å². The zero-order chi connectivity index (χ0) is 19.2. The molecule has 8 nitrogen and oxygen atoms in total. The zero-order valence-corrected chi connectivity index (χ0v) is 16.4. The Morgan fingerprint density at radius 2 is 1.89 bits per heavy atom. The van der Waals surface area contributed by atoms with Gasteiger partial charge in [0, 0.05) is 32.3 Å². The molecule has 0 saturated carbocycles. The Balaban J connectivity index is 1.31. The molecule has 3 aliphatic rings. The van der Waals surface area contributed by atoms with Crippen molar-refractivity contribution >= 4 is 11.8 Å². The molecule has 4 rings (SSSR count). The molecule has 0 N–H and O–H groups in total. The van der Waals surface area contributed by atoms with Crippen molar-refractivity contribution in [2.24, 2.45) is 13.0 Å². The van der Waals surface area contributed by atoms with Crippen molar-refractivity contribution in [2.75, 3.05) is 46.0 Å². The molecule has 1 spiro atoms. The van der Waals surface area contributed by atoms with Crippen molar-refractivity contribution in [1.82, 2.24) is 19.6 Å². The molecule has 2 amide bonds. The van der Waals surface area contributed by atoms with Gasteiger partial charge in [-0.3, -0.25) is 14.3 Å². The van der Waals surface area contributed by atoms with Gasteiger partial charge >= 0.3 is 0 Å². The Kier molecular flexibility index (Phi) is 4.71. The fourth-order valence-electron chi connectivity index (χ4n) is 4.51. The number of rotatable bonds is 3. The van der Waals surface area contributed by atoms with E-state index in [1.807, 2.05) is 30.7 Å². The first-order valence-corrected chi connectivity index (χ1v) is 9.67. The summed E-state index contributed by atoms with van der Waals surface area (Å²) in [5, 5.41) is 4.34. The fraction of sp³-hybridized carbons (Fsp3) is 0.737. The molecule has 0 aliphatic carbocycles. The van der Waals surface area contributed by atoms with Crippen molar-refractivity contribution in [3.63, 3.8) is 0 Å². The minimum atomic E-state index is -0.268. The van der Waals surface area contributed by atoms with Crippen LogP contribution in [0, 0.1) is 19.8 Å². The standard InChI is InChI=1S/C19H28N4O4/c1-13-17(14(2)21(3)20-13)18(25)23-11-19(12-23)9-15(10-27-19)8-16(24)22-4-6-26-7-5-22/h15H,4-12H2,1-3H3. The van der Waals surface area contributed by atoms with Gasteiger partial charge in [0.1, 0.15) is 5.60 Å². The molecular weight excluding hydrogens is 348 g/mol. The van der Waals surface area contributed by atoms with Crippen LogP contribution in [0.5, 0.6) is 0 Å². The third-order valence-corrected chi connectivity index (χ3v) is 6.08. The first-order valence-electron chi connectivity index (χ1n) is 9.67. The summed E-state index contributed by atoms with van der Waals surface area (Å²) in [6.45, 7) is 8.21. The van der Waals surface area contributed by atoms with E-state index in [4.69, 9.17) is 9.47 Å². The van der Waals surface area contributed by atoms with Crippen molar-refractivity contribution in [2.45, 2.75) is 32.3 Å². The summed E-state index contributed by atoms with van der Waals surface area (Å²) in [6.07, 6.45) is 1.37. The van der Waals surface area contributed by atoms with Crippen LogP contribution in [0.2, 0.25) is 0 Å². The molecular formula is C19H28N4O4. The van der Waals surface area contributed by atoms with Crippen LogP contribution in [0.25, 0.3) is 0 Å². The normalized spacial score (nSPS) is 24.3. The number of likely N-dealkylation sites (tertiary alicyclic amines) is 1. The van der Waals surface area contributed by atoms with Crippen molar-refractivity contribution in [1.29, 1.82) is 0 Å². The molecule has 3 saturated heterocycles. The van der Waals surface area contributed by atoms with E-state index in [2.05, 4.69) is 5.10 Å². The molecule has 3 fully saturated rings. The van der Waals surface area contributed by atoms with E-state index in [9.17, 15) is 9.59 Å². The number of hydrogen-bond donors (Lipinski definition) is 0. The summed E-state index contributed by atoms with van der Waals surface area (Å²) in [6, 6.07) is 0. The number of carbonyl (C=O) groups excluding carboxylic acids is 2. The third-order valence-electron chi connectivity index (χ3n) is 6.08. The molecule has 148 valence electrons. The van der Waals surface area contributed by atoms with Gasteiger partial charge in [-0.2, -0.15) is 5.10 Å². The third kappa shape index (κ3) is 3.36. The predicted octanol–water partition coefficient (Wildman–Crippen LogP) is 0.517. The van der Waals surface area contributed by atoms with Crippen molar-refractivity contribution < 1.29 is 19.1 Å². The maximum Gasteiger partial charge on any atom is 0.257 e. The van der Waals surface area contributed by atoms with E-state index < -0.39 is 0 Å². The lowest BCUT2D eigenvalue weighted by Crippen LogP contribution is -2.63. The second kappa shape index (κ2) is 6.91. The average molecular weight is 376 g/mol. The van der Waals surface area contributed by atoms with Crippen LogP contribution in [-0.4, -0.2) is 83.0 Å². The summed E-state index contributed by atoms with van der Waals surface area (Å²) >= 11 is 0. The minimum absolute atomic E-state index is 0.0279. The van der Waals surface area contributed by atoms with E-state index >= 15 is 0 Å². The highest BCUT2D eigenvalue weighted by molar-refractivity contribution is 5.97. The number of amides is 2. The number of morpholine rings is 1. The van der Waals surface area contributed by atoms with Gasteiger partial charge in [-0.25, -0.2) is 0 Å². The molecule has 4 heterocycles. The highest BCUT2D eigenvalue weighted by Gasteiger charge is 2.52. The summed E-state index contributed by atoms with van der Waals surface area (Å²) in [5.74, 6) is 0.456. The summed E-state index contributed by atoms with van der Waals surface area (Å²) in [5.41, 5.74) is 2.08. The van der Waals surface area contributed by atoms with Crippen molar-refractivity contribution in [3.8, 4) is 0 Å². The van der Waals surface area contributed by atoms with E-state index in [0.717, 1.165) is 17.8 Å². The monoisotopic (exact) mass is 376 g/mol. The predicted molar refractivity (Wildman–Crippen MR) is 97.4 cm³/mol. The van der Waals surface area contributed by atoms with Gasteiger partial charge in [0.25, 0.3) is 5.91 Å². The Labute approximate surface area is 159 Å². The smallest absolute Gasteiger partial charge is 0.257 e. The molecule has 27 heavy (non-hydrogen) atoms. The molecule has 1 aromatic rings. The lowest BCUT2D eigenvalue weighted by molar-refractivity contribution is -0.136. The highest BCUT2D eigenvalue weighted by Crippen LogP contribution is 2.40. The van der Waals surface area contributed by atoms with Gasteiger partial charge in [-0.05, 0) is 26.2 Å². The molecule has 0 bridgehead atoms. The van der Waals surface area contributed by atoms with Gasteiger partial charge in [0.15, 0.2) is 0 Å². The lowest BCUT2D eigenvalue weighted by atomic mass is 9.85. The number of aromatic nitrogens is 2. The van der Waals surface area contributed by atoms with Crippen LogP contribution in [-0.2, 0) is 21.3 Å². The van der Waals surface area contributed by atoms with E-state index in [0.29, 0.717) is 58.0 Å². The maximum absolute atomic E-state index is 12.8. The first kappa shape index (κ1) is 18.4. The molecule has 1 atom stereocenters. The van der Waals surface area contributed by atoms with Gasteiger partial charge in [0.2, 0.25) is 5.91 Å². The van der Waals surface area contributed by atoms with E-state index in [1.54, 1.807) is 4.68 Å². The number of carbonyl (C=O) groups is 2. The second-order valence-electron chi connectivity index (χ2n) is 8.09. The summed E-state index contributed by atoms with van der Waals surface area (Å²) < 4.78 is 13.1. The Hall–Kier alpha value is -1.93. The first-order chi connectivity index (χ1) is 12.9. The molecule has 3 aliphatic heterocycles. The van der Waals surface area contributed by atoms with Crippen LogP contribution in [0.15, 0.2) is 0 Å². The average Bonchev–Trinajstić information content (AvgIpc) is 3.15. The van der Waals surface area contributed by atoms with Gasteiger partial charge < -0.3 is 19.3 Å². The molecule has 0 aromatic carbocycles. The number of ether oxygens (including phenoxy) is 2.